The summed E-state index contributed by atoms with van der Waals surface area (Å²) < 4.78 is 61.2. The number of phosphoric ester groups is 3. The van der Waals surface area contributed by atoms with Crippen molar-refractivity contribution in [1.82, 2.24) is 48.6 Å². The molecule has 0 spiro atoms. The van der Waals surface area contributed by atoms with Gasteiger partial charge in [-0.25, -0.2) is 19.3 Å². The normalized spacial score (nSPS) is 19.6. The van der Waals surface area contributed by atoms with Crippen molar-refractivity contribution >= 4 is 69.1 Å². The number of ether oxygens (including phenoxy) is 1. The largest absolute Gasteiger partial charge is 0.756 e. The highest BCUT2D eigenvalue weighted by molar-refractivity contribution is 8.13. The zero-order valence-corrected chi connectivity index (χ0v) is 46.9. The fraction of sp³-hybridized carbons (Fsp3) is 0.810. The second-order valence-corrected chi connectivity index (χ2v) is 23.2. The molecule has 1 saturated heterocycles. The van der Waals surface area contributed by atoms with Crippen LogP contribution in [0.4, 0.5) is 5.82 Å². The van der Waals surface area contributed by atoms with Crippen molar-refractivity contribution in [2.24, 2.45) is 5.41 Å². The summed E-state index contributed by atoms with van der Waals surface area (Å²) in [6.45, 7) is 2.49. The number of nitrogen functional groups attached to an aromatic ring is 1. The molecule has 1 aliphatic heterocycles. The Hall–Kier alpha value is -2.56. The number of imidazole rings is 1. The third kappa shape index (κ3) is 27.4. The van der Waals surface area contributed by atoms with Gasteiger partial charge in [0.1, 0.15) is 36.3 Å². The molecule has 0 bridgehead atoms. The average molecular weight is 1130 g/mol. The third-order valence-electron chi connectivity index (χ3n) is 11.5. The Balaban J connectivity index is 0.0000173. The molecular weight excluding hydrogens is 1040 g/mol. The van der Waals surface area contributed by atoms with E-state index in [1.807, 2.05) is 0 Å². The molecule has 426 valence electrons. The summed E-state index contributed by atoms with van der Waals surface area (Å²) in [6.07, 6.45) is 16.1. The summed E-state index contributed by atoms with van der Waals surface area (Å²) in [5, 5.41) is 26.6. The summed E-state index contributed by atoms with van der Waals surface area (Å²) in [5.74, 6) is -1.10. The van der Waals surface area contributed by atoms with Crippen LogP contribution in [0.1, 0.15) is 155 Å². The Bertz CT molecular complexity index is 2060. The van der Waals surface area contributed by atoms with Gasteiger partial charge < -0.3 is 82.9 Å². The number of quaternary nitrogens is 3. The number of aromatic nitrogens is 4. The molecule has 0 saturated carbocycles. The number of carbonyl (C=O) groups is 3. The first kappa shape index (κ1) is 70.4. The van der Waals surface area contributed by atoms with Gasteiger partial charge in [0.05, 0.1) is 19.5 Å². The minimum atomic E-state index is -5.90. The van der Waals surface area contributed by atoms with Crippen LogP contribution in [0.15, 0.2) is 12.7 Å². The number of phosphoric acid groups is 3. The molecule has 27 nitrogen and oxygen atoms in total. The SMILES string of the molecule is CCCCCCCCCCCCCCCCCCCCC(=O)SCCNC(=O)CCNC(=O)[C@H](O)C(C)(C)COP(=O)([O-])OP(=O)([O-])OC[C@H]1O[C@@H](n2cnc3c(N)ncnc32)C(O)[C@H]1OP(=O)([O-])O.[NH4+].[NH4+].[NH4+]. The fourth-order valence-electron chi connectivity index (χ4n) is 7.52. The van der Waals surface area contributed by atoms with Crippen molar-refractivity contribution in [3.8, 4) is 0 Å². The second kappa shape index (κ2) is 35.7. The lowest BCUT2D eigenvalue weighted by molar-refractivity contribution is -0.247. The smallest absolute Gasteiger partial charge is 0.274 e. The number of nitrogens with two attached hydrogens (primary N) is 1. The summed E-state index contributed by atoms with van der Waals surface area (Å²) in [6, 6.07) is 0. The van der Waals surface area contributed by atoms with E-state index in [4.69, 9.17) is 10.5 Å². The molecule has 0 radical (unpaired) electrons. The van der Waals surface area contributed by atoms with Gasteiger partial charge in [-0.1, -0.05) is 142 Å². The molecule has 4 unspecified atom stereocenters. The minimum absolute atomic E-state index is 0. The molecule has 3 heterocycles. The highest BCUT2D eigenvalue weighted by Crippen LogP contribution is 2.56. The first-order valence-electron chi connectivity index (χ1n) is 24.0. The molecule has 0 aliphatic carbocycles. The molecule has 0 aromatic carbocycles. The molecule has 3 rings (SSSR count). The number of hydrogen-bond donors (Lipinski definition) is 9. The number of unbranched alkanes of at least 4 members (excludes halogenated alkanes) is 17. The molecule has 2 aromatic rings. The first-order valence-corrected chi connectivity index (χ1v) is 29.5. The number of aliphatic hydroxyl groups excluding tert-OH is 2. The van der Waals surface area contributed by atoms with Crippen molar-refractivity contribution in [2.45, 2.75) is 180 Å². The number of carbonyl (C=O) groups excluding carboxylic acids is 3. The van der Waals surface area contributed by atoms with Crippen LogP contribution in [0.25, 0.3) is 11.2 Å². The molecule has 73 heavy (non-hydrogen) atoms. The van der Waals surface area contributed by atoms with E-state index in [9.17, 15) is 57.9 Å². The lowest BCUT2D eigenvalue weighted by Crippen LogP contribution is -2.46. The van der Waals surface area contributed by atoms with Crippen LogP contribution < -0.4 is 49.5 Å². The lowest BCUT2D eigenvalue weighted by Gasteiger charge is -2.35. The van der Waals surface area contributed by atoms with Crippen molar-refractivity contribution in [3.63, 3.8) is 0 Å². The van der Waals surface area contributed by atoms with Crippen LogP contribution in [-0.2, 0) is 50.7 Å². The van der Waals surface area contributed by atoms with Gasteiger partial charge in [-0.3, -0.25) is 32.6 Å². The quantitative estimate of drug-likeness (QED) is 0.0303. The molecule has 2 aromatic heterocycles. The monoisotopic (exact) mass is 1130 g/mol. The number of amides is 2. The maximum atomic E-state index is 12.7. The molecular formula is C42H85N10O17P3S. The zero-order chi connectivity index (χ0) is 51.8. The number of fused-ring (bicyclic) bond motifs is 1. The maximum absolute atomic E-state index is 12.7. The van der Waals surface area contributed by atoms with Crippen molar-refractivity contribution in [2.75, 3.05) is 37.8 Å². The van der Waals surface area contributed by atoms with Gasteiger partial charge >= 0.3 is 0 Å². The number of hydrogen-bond acceptors (Lipinski definition) is 21. The summed E-state index contributed by atoms with van der Waals surface area (Å²) in [7, 11) is -17.3. The predicted octanol–water partition coefficient (Wildman–Crippen LogP) is 5.33. The van der Waals surface area contributed by atoms with Gasteiger partial charge in [0.2, 0.25) is 11.8 Å². The summed E-state index contributed by atoms with van der Waals surface area (Å²) in [4.78, 5) is 95.0. The Morgan fingerprint density at radius 1 is 0.822 bits per heavy atom. The molecule has 1 aliphatic rings. The van der Waals surface area contributed by atoms with E-state index < -0.39 is 84.6 Å². The van der Waals surface area contributed by atoms with Crippen molar-refractivity contribution in [3.05, 3.63) is 12.7 Å². The summed E-state index contributed by atoms with van der Waals surface area (Å²) in [5.41, 5.74) is 4.14. The van der Waals surface area contributed by atoms with Crippen molar-refractivity contribution < 1.29 is 80.5 Å². The minimum Gasteiger partial charge on any atom is -0.756 e. The first-order chi connectivity index (χ1) is 33.1. The maximum Gasteiger partial charge on any atom is 0.274 e. The van der Waals surface area contributed by atoms with E-state index in [-0.39, 0.29) is 60.1 Å². The van der Waals surface area contributed by atoms with E-state index in [0.717, 1.165) is 48.2 Å². The van der Waals surface area contributed by atoms with E-state index in [1.54, 1.807) is 0 Å². The average Bonchev–Trinajstić information content (AvgIpc) is 3.85. The number of nitrogens with zero attached hydrogens (tertiary/aromatic N) is 4. The Labute approximate surface area is 432 Å². The molecule has 31 heteroatoms. The van der Waals surface area contributed by atoms with Gasteiger partial charge in [-0.05, 0) is 6.42 Å². The summed E-state index contributed by atoms with van der Waals surface area (Å²) >= 11 is 1.15. The topological polar surface area (TPSA) is 482 Å². The molecule has 2 amide bonds. The van der Waals surface area contributed by atoms with E-state index in [1.165, 1.54) is 110 Å². The standard InChI is InChI=1S/C42H76N7O17P3S.3H3N/c1-4-5-6-7-8-9-10-11-12-13-14-15-16-17-18-19-20-21-22-33(51)70-26-25-44-32(50)23-24-45-40(54)37(53)42(2,3)28-63-69(60,61)66-68(58,59)62-27-31-36(65-67(55,56)57)35(52)41(64-31)49-30-48-34-38(43)46-29-47-39(34)49;;;/h29-31,35-37,41,52-53H,4-28H2,1-3H3,(H,44,50)(H,45,54)(H,58,59)(H,60,61)(H2,43,46,47)(H2,55,56,57);3*1H3/t31-,35?,36+,37+,41-;;;/m1.../s1. The van der Waals surface area contributed by atoms with Crippen LogP contribution >= 0.6 is 35.2 Å². The van der Waals surface area contributed by atoms with Crippen LogP contribution in [0.3, 0.4) is 0 Å². The Morgan fingerprint density at radius 3 is 1.90 bits per heavy atom. The Kier molecular flexibility index (Phi) is 34.5. The fourth-order valence-corrected chi connectivity index (χ4v) is 11.0. The molecule has 1 fully saturated rings. The highest BCUT2D eigenvalue weighted by Gasteiger charge is 2.48. The molecule has 19 N–H and O–H groups in total. The number of rotatable bonds is 38. The van der Waals surface area contributed by atoms with Crippen LogP contribution in [-0.4, -0.2) is 108 Å². The van der Waals surface area contributed by atoms with Crippen LogP contribution in [0.2, 0.25) is 0 Å². The van der Waals surface area contributed by atoms with Crippen molar-refractivity contribution in [1.29, 1.82) is 0 Å². The number of aliphatic hydroxyl groups is 2. The Morgan fingerprint density at radius 2 is 1.36 bits per heavy atom. The zero-order valence-electron chi connectivity index (χ0n) is 43.4. The van der Waals surface area contributed by atoms with Gasteiger partial charge in [0.25, 0.3) is 23.5 Å². The van der Waals surface area contributed by atoms with Gasteiger partial charge in [-0.2, -0.15) is 0 Å². The second-order valence-electron chi connectivity index (χ2n) is 18.0. The van der Waals surface area contributed by atoms with Crippen LogP contribution in [0, 0.1) is 5.41 Å². The molecule has 8 atom stereocenters. The predicted molar refractivity (Wildman–Crippen MR) is 272 cm³/mol. The lowest BCUT2D eigenvalue weighted by atomic mass is 9.87. The third-order valence-corrected chi connectivity index (χ3v) is 15.4. The number of thioether (sulfide) groups is 1. The van der Waals surface area contributed by atoms with Gasteiger partial charge in [0.15, 0.2) is 22.8 Å². The van der Waals surface area contributed by atoms with E-state index >= 15 is 0 Å². The van der Waals surface area contributed by atoms with Gasteiger partial charge in [0, 0.05) is 37.1 Å². The van der Waals surface area contributed by atoms with E-state index in [0.29, 0.717) is 12.2 Å². The highest BCUT2D eigenvalue weighted by atomic mass is 32.2. The van der Waals surface area contributed by atoms with Crippen LogP contribution in [0.5, 0.6) is 0 Å². The van der Waals surface area contributed by atoms with E-state index in [2.05, 4.69) is 50.4 Å². The number of nitrogens with one attached hydrogen (secondary N) is 2. The number of anilines is 1. The van der Waals surface area contributed by atoms with Gasteiger partial charge in [-0.15, -0.1) is 0 Å².